The van der Waals surface area contributed by atoms with E-state index in [1.165, 1.54) is 94.3 Å². The van der Waals surface area contributed by atoms with E-state index >= 15 is 0 Å². The smallest absolute Gasteiger partial charge is 0.0427 e. The molecular formula is C44H26S3. The van der Waals surface area contributed by atoms with Gasteiger partial charge in [0.15, 0.2) is 0 Å². The summed E-state index contributed by atoms with van der Waals surface area (Å²) in [6.45, 7) is 0. The highest BCUT2D eigenvalue weighted by Gasteiger charge is 2.12. The Hall–Kier alpha value is -5.06. The number of benzene rings is 7. The predicted octanol–water partition coefficient (Wildman–Crippen LogP) is 14.3. The second kappa shape index (κ2) is 10.8. The summed E-state index contributed by atoms with van der Waals surface area (Å²) in [4.78, 5) is 3.93. The Kier molecular flexibility index (Phi) is 6.20. The van der Waals surface area contributed by atoms with Crippen molar-refractivity contribution in [3.05, 3.63) is 158 Å². The average molecular weight is 651 g/mol. The van der Waals surface area contributed by atoms with Crippen molar-refractivity contribution in [2.75, 3.05) is 0 Å². The fourth-order valence-electron chi connectivity index (χ4n) is 6.78. The highest BCUT2D eigenvalue weighted by molar-refractivity contribution is 7.23. The highest BCUT2D eigenvalue weighted by Crippen LogP contribution is 2.42. The molecule has 0 aliphatic rings. The fraction of sp³-hybridized carbons (Fsp3) is 0. The number of hydrogen-bond acceptors (Lipinski definition) is 3. The quantitative estimate of drug-likeness (QED) is 0.178. The lowest BCUT2D eigenvalue weighted by Gasteiger charge is -2.05. The maximum Gasteiger partial charge on any atom is 0.0427 e. The zero-order valence-corrected chi connectivity index (χ0v) is 27.7. The minimum atomic E-state index is 1.26. The van der Waals surface area contributed by atoms with Crippen LogP contribution in [0.15, 0.2) is 158 Å². The number of fused-ring (bicyclic) bond motifs is 5. The van der Waals surface area contributed by atoms with Crippen LogP contribution in [-0.2, 0) is 0 Å². The van der Waals surface area contributed by atoms with Crippen LogP contribution < -0.4 is 0 Å². The third-order valence-electron chi connectivity index (χ3n) is 9.25. The van der Waals surface area contributed by atoms with E-state index < -0.39 is 0 Å². The molecule has 0 bridgehead atoms. The van der Waals surface area contributed by atoms with Gasteiger partial charge in [-0.05, 0) is 108 Å². The van der Waals surface area contributed by atoms with Crippen LogP contribution in [0, 0.1) is 0 Å². The lowest BCUT2D eigenvalue weighted by Crippen LogP contribution is -1.79. The van der Waals surface area contributed by atoms with Crippen molar-refractivity contribution in [3.63, 3.8) is 0 Å². The Morgan fingerprint density at radius 3 is 1.19 bits per heavy atom. The zero-order valence-electron chi connectivity index (χ0n) is 25.2. The topological polar surface area (TPSA) is 0 Å². The van der Waals surface area contributed by atoms with E-state index in [4.69, 9.17) is 0 Å². The second-order valence-electron chi connectivity index (χ2n) is 12.2. The minimum Gasteiger partial charge on any atom is -0.135 e. The SMILES string of the molecule is c1ccc2cc3sc(-c4ccc(-c5cc6cccc(-c7ccc(-c8cc9cc%10ccccc%10cc9s8)cc7)c6s5)cc4)cc3cc2c1. The molecule has 0 spiro atoms. The lowest BCUT2D eigenvalue weighted by atomic mass is 10.0. The van der Waals surface area contributed by atoms with Gasteiger partial charge in [-0.15, -0.1) is 34.0 Å². The van der Waals surface area contributed by atoms with Gasteiger partial charge in [0, 0.05) is 28.7 Å². The van der Waals surface area contributed by atoms with E-state index in [0.29, 0.717) is 0 Å². The third-order valence-corrected chi connectivity index (χ3v) is 12.8. The van der Waals surface area contributed by atoms with Gasteiger partial charge in [0.2, 0.25) is 0 Å². The van der Waals surface area contributed by atoms with Crippen LogP contribution in [0.3, 0.4) is 0 Å². The van der Waals surface area contributed by atoms with Gasteiger partial charge in [-0.3, -0.25) is 0 Å². The van der Waals surface area contributed by atoms with Crippen LogP contribution in [-0.4, -0.2) is 0 Å². The Morgan fingerprint density at radius 1 is 0.277 bits per heavy atom. The normalized spacial score (nSPS) is 11.8. The van der Waals surface area contributed by atoms with E-state index in [9.17, 15) is 0 Å². The standard InChI is InChI=1S/C44H26S3/c1-3-8-33-22-42-36(20-31(33)6-1)25-39(45-42)28-14-12-27(13-15-28)38-11-5-10-35-24-41(47-44(35)38)30-18-16-29(17-19-30)40-26-37-21-32-7-2-4-9-34(32)23-43(37)46-40/h1-26H. The Morgan fingerprint density at radius 2 is 0.681 bits per heavy atom. The van der Waals surface area contributed by atoms with Gasteiger partial charge in [-0.25, -0.2) is 0 Å². The molecule has 3 heterocycles. The molecule has 3 heteroatoms. The summed E-state index contributed by atoms with van der Waals surface area (Å²) in [7, 11) is 0. The molecule has 47 heavy (non-hydrogen) atoms. The molecule has 0 unspecified atom stereocenters. The van der Waals surface area contributed by atoms with Crippen LogP contribution in [0.4, 0.5) is 0 Å². The van der Waals surface area contributed by atoms with Gasteiger partial charge >= 0.3 is 0 Å². The molecule has 3 aromatic heterocycles. The largest absolute Gasteiger partial charge is 0.135 e. The van der Waals surface area contributed by atoms with Crippen molar-refractivity contribution in [2.24, 2.45) is 0 Å². The molecule has 0 aliphatic carbocycles. The predicted molar refractivity (Wildman–Crippen MR) is 209 cm³/mol. The molecule has 0 N–H and O–H groups in total. The van der Waals surface area contributed by atoms with Gasteiger partial charge in [0.25, 0.3) is 0 Å². The van der Waals surface area contributed by atoms with Gasteiger partial charge < -0.3 is 0 Å². The van der Waals surface area contributed by atoms with Crippen molar-refractivity contribution in [2.45, 2.75) is 0 Å². The lowest BCUT2D eigenvalue weighted by molar-refractivity contribution is 1.66. The van der Waals surface area contributed by atoms with Crippen LogP contribution in [0.5, 0.6) is 0 Å². The van der Waals surface area contributed by atoms with Crippen molar-refractivity contribution in [3.8, 4) is 42.4 Å². The maximum atomic E-state index is 2.35. The monoisotopic (exact) mass is 650 g/mol. The summed E-state index contributed by atoms with van der Waals surface area (Å²) in [5, 5.41) is 9.12. The molecule has 10 aromatic rings. The molecule has 220 valence electrons. The molecule has 0 saturated heterocycles. The molecule has 0 fully saturated rings. The summed E-state index contributed by atoms with van der Waals surface area (Å²) in [5.41, 5.74) is 6.35. The molecule has 0 saturated carbocycles. The maximum absolute atomic E-state index is 2.35. The summed E-state index contributed by atoms with van der Waals surface area (Å²) < 4.78 is 4.01. The Bertz CT molecular complexity index is 2670. The van der Waals surface area contributed by atoms with Crippen LogP contribution in [0.2, 0.25) is 0 Å². The molecule has 10 rings (SSSR count). The first-order chi connectivity index (χ1) is 23.2. The molecule has 0 aliphatic heterocycles. The first-order valence-electron chi connectivity index (χ1n) is 15.8. The summed E-state index contributed by atoms with van der Waals surface area (Å²) in [5.74, 6) is 0. The zero-order chi connectivity index (χ0) is 30.9. The second-order valence-corrected chi connectivity index (χ2v) is 15.4. The van der Waals surface area contributed by atoms with Gasteiger partial charge in [-0.2, -0.15) is 0 Å². The van der Waals surface area contributed by atoms with Gasteiger partial charge in [0.1, 0.15) is 0 Å². The molecule has 0 amide bonds. The van der Waals surface area contributed by atoms with Crippen LogP contribution in [0.25, 0.3) is 94.3 Å². The van der Waals surface area contributed by atoms with Crippen molar-refractivity contribution < 1.29 is 0 Å². The first-order valence-corrected chi connectivity index (χ1v) is 18.3. The van der Waals surface area contributed by atoms with Gasteiger partial charge in [0.05, 0.1) is 0 Å². The molecular weight excluding hydrogens is 625 g/mol. The van der Waals surface area contributed by atoms with Crippen molar-refractivity contribution in [1.82, 2.24) is 0 Å². The van der Waals surface area contributed by atoms with Crippen LogP contribution in [0.1, 0.15) is 0 Å². The molecule has 0 radical (unpaired) electrons. The Labute approximate surface area is 284 Å². The van der Waals surface area contributed by atoms with E-state index in [1.807, 2.05) is 34.0 Å². The number of thiophene rings is 3. The third kappa shape index (κ3) is 4.70. The van der Waals surface area contributed by atoms with Crippen molar-refractivity contribution in [1.29, 1.82) is 0 Å². The van der Waals surface area contributed by atoms with Gasteiger partial charge in [-0.1, -0.05) is 115 Å². The summed E-state index contributed by atoms with van der Waals surface area (Å²) in [6, 6.07) is 58.5. The highest BCUT2D eigenvalue weighted by atomic mass is 32.1. The van der Waals surface area contributed by atoms with Crippen molar-refractivity contribution >= 4 is 85.8 Å². The minimum absolute atomic E-state index is 1.26. The van der Waals surface area contributed by atoms with E-state index in [1.54, 1.807) is 0 Å². The first kappa shape index (κ1) is 27.1. The summed E-state index contributed by atoms with van der Waals surface area (Å²) in [6.07, 6.45) is 0. The molecule has 7 aromatic carbocycles. The molecule has 0 nitrogen and oxygen atoms in total. The van der Waals surface area contributed by atoms with E-state index in [-0.39, 0.29) is 0 Å². The number of rotatable bonds is 4. The average Bonchev–Trinajstić information content (AvgIpc) is 3.86. The van der Waals surface area contributed by atoms with Crippen LogP contribution >= 0.6 is 34.0 Å². The fourth-order valence-corrected chi connectivity index (χ4v) is 10.2. The molecule has 0 atom stereocenters. The van der Waals surface area contributed by atoms with E-state index in [2.05, 4.69) is 158 Å². The van der Waals surface area contributed by atoms with E-state index in [0.717, 1.165) is 0 Å². The summed E-state index contributed by atoms with van der Waals surface area (Å²) >= 11 is 5.64. The number of hydrogen-bond donors (Lipinski definition) is 0. The Balaban J connectivity index is 0.950.